The van der Waals surface area contributed by atoms with Crippen molar-refractivity contribution in [3.05, 3.63) is 124 Å². The molecule has 3 aromatic rings. The van der Waals surface area contributed by atoms with Gasteiger partial charge in [-0.15, -0.1) is 6.42 Å². The second kappa shape index (κ2) is 30.5. The minimum atomic E-state index is -0.838. The van der Waals surface area contributed by atoms with Gasteiger partial charge in [-0.1, -0.05) is 61.7 Å². The quantitative estimate of drug-likeness (QED) is 0.0135. The van der Waals surface area contributed by atoms with Gasteiger partial charge in [-0.2, -0.15) is 0 Å². The molecule has 17 nitrogen and oxygen atoms in total. The molecule has 17 heteroatoms. The number of allylic oxidation sites excluding steroid dienone is 1. The number of amides is 1. The van der Waals surface area contributed by atoms with Gasteiger partial charge < -0.3 is 43.6 Å². The standard InChI is InChI=1S/C62H76N2O15/c1-6-30-73-33-34-74-35-36-75-37-38-76-56(68)41-63-40-55(67)64-48-22-20-45(21-23-48)57(69)44-16-18-46(19-17-44)58(70)77-31-9-7-8-10-49(65)25-28-62(5)53-24-13-43(3)51(61(53,4)29-26-54(62)66)39-52(50-27-32-78-60(50)72)79-59(71)47-14-11-42(2)12-15-47/h1,11-12,14-23,27,51-54,63,66H,3,7-10,13,24-26,28-41H2,2,4-5H3,(H,64,67)/t51-,52?,53?,54?,61+,62+/m1/s1. The zero-order valence-electron chi connectivity index (χ0n) is 45.8. The van der Waals surface area contributed by atoms with Gasteiger partial charge in [0.05, 0.1) is 75.5 Å². The van der Waals surface area contributed by atoms with Crippen LogP contribution in [0.5, 0.6) is 0 Å². The van der Waals surface area contributed by atoms with Crippen LogP contribution in [0.15, 0.2) is 96.6 Å². The number of carbonyl (C=O) groups is 7. The van der Waals surface area contributed by atoms with Crippen LogP contribution in [0, 0.1) is 41.9 Å². The summed E-state index contributed by atoms with van der Waals surface area (Å²) in [4.78, 5) is 90.2. The third kappa shape index (κ3) is 17.8. The molecule has 0 saturated heterocycles. The van der Waals surface area contributed by atoms with Crippen LogP contribution in [-0.2, 0) is 52.3 Å². The molecule has 79 heavy (non-hydrogen) atoms. The smallest absolute Gasteiger partial charge is 0.338 e. The Morgan fingerprint density at radius 1 is 0.772 bits per heavy atom. The molecule has 0 radical (unpaired) electrons. The van der Waals surface area contributed by atoms with E-state index in [-0.39, 0.29) is 80.5 Å². The Bertz CT molecular complexity index is 2660. The molecular formula is C62H76N2O15. The first-order valence-electron chi connectivity index (χ1n) is 27.3. The fourth-order valence-electron chi connectivity index (χ4n) is 11.1. The molecule has 3 N–H and O–H groups in total. The maximum atomic E-state index is 13.4. The summed E-state index contributed by atoms with van der Waals surface area (Å²) in [5.74, 6) is -0.353. The number of Topliss-reactive ketones (excluding diaryl/α,β-unsaturated/α-hetero) is 1. The molecule has 0 aromatic heterocycles. The van der Waals surface area contributed by atoms with Crippen LogP contribution >= 0.6 is 0 Å². The maximum absolute atomic E-state index is 13.4. The van der Waals surface area contributed by atoms with Crippen LogP contribution in [-0.4, -0.2) is 131 Å². The summed E-state index contributed by atoms with van der Waals surface area (Å²) >= 11 is 0. The molecule has 6 rings (SSSR count). The summed E-state index contributed by atoms with van der Waals surface area (Å²) in [6.45, 7) is 12.7. The van der Waals surface area contributed by atoms with Crippen molar-refractivity contribution in [1.29, 1.82) is 0 Å². The van der Waals surface area contributed by atoms with E-state index in [2.05, 4.69) is 37.0 Å². The number of anilines is 1. The molecule has 2 fully saturated rings. The van der Waals surface area contributed by atoms with Crippen LogP contribution in [0.2, 0.25) is 0 Å². The van der Waals surface area contributed by atoms with Crippen molar-refractivity contribution in [3.8, 4) is 12.3 Å². The predicted octanol–water partition coefficient (Wildman–Crippen LogP) is 7.90. The highest BCUT2D eigenvalue weighted by Gasteiger charge is 2.58. The lowest BCUT2D eigenvalue weighted by atomic mass is 9.45. The third-order valence-electron chi connectivity index (χ3n) is 15.5. The molecule has 6 atom stereocenters. The number of hydrogen-bond acceptors (Lipinski definition) is 16. The lowest BCUT2D eigenvalue weighted by molar-refractivity contribution is -0.145. The number of cyclic esters (lactones) is 1. The third-order valence-corrected chi connectivity index (χ3v) is 15.5. The Kier molecular flexibility index (Phi) is 23.7. The average molecular weight is 1090 g/mol. The Morgan fingerprint density at radius 2 is 1.41 bits per heavy atom. The molecule has 0 spiro atoms. The van der Waals surface area contributed by atoms with Gasteiger partial charge in [0, 0.05) is 29.7 Å². The van der Waals surface area contributed by atoms with Crippen molar-refractivity contribution in [2.24, 2.45) is 22.7 Å². The van der Waals surface area contributed by atoms with Gasteiger partial charge >= 0.3 is 23.9 Å². The Morgan fingerprint density at radius 3 is 2.08 bits per heavy atom. The molecule has 424 valence electrons. The monoisotopic (exact) mass is 1090 g/mol. The summed E-state index contributed by atoms with van der Waals surface area (Å²) in [6, 6.07) is 19.6. The number of carbonyl (C=O) groups excluding carboxylic acids is 7. The van der Waals surface area contributed by atoms with Crippen molar-refractivity contribution < 1.29 is 71.8 Å². The van der Waals surface area contributed by atoms with Gasteiger partial charge in [-0.3, -0.25) is 24.5 Å². The summed E-state index contributed by atoms with van der Waals surface area (Å²) in [5.41, 5.74) is 3.35. The lowest BCUT2D eigenvalue weighted by Gasteiger charge is -2.60. The number of nitrogens with one attached hydrogen (secondary N) is 2. The maximum Gasteiger partial charge on any atom is 0.338 e. The van der Waals surface area contributed by atoms with Gasteiger partial charge in [0.2, 0.25) is 5.91 Å². The number of terminal acetylenes is 1. The number of aliphatic hydroxyl groups is 1. The summed E-state index contributed by atoms with van der Waals surface area (Å²) in [7, 11) is 0. The minimum Gasteiger partial charge on any atom is -0.462 e. The zero-order valence-corrected chi connectivity index (χ0v) is 45.8. The number of rotatable bonds is 32. The van der Waals surface area contributed by atoms with Gasteiger partial charge in [-0.05, 0) is 142 Å². The highest BCUT2D eigenvalue weighted by molar-refractivity contribution is 6.09. The van der Waals surface area contributed by atoms with E-state index in [1.165, 1.54) is 12.1 Å². The molecule has 3 unspecified atom stereocenters. The van der Waals surface area contributed by atoms with Crippen LogP contribution in [0.4, 0.5) is 5.69 Å². The first-order chi connectivity index (χ1) is 38.0. The highest BCUT2D eigenvalue weighted by atomic mass is 16.6. The Labute approximate surface area is 463 Å². The number of esters is 4. The molecule has 1 amide bonds. The van der Waals surface area contributed by atoms with E-state index in [0.717, 1.165) is 30.4 Å². The van der Waals surface area contributed by atoms with Gasteiger partial charge in [-0.25, -0.2) is 14.4 Å². The van der Waals surface area contributed by atoms with Crippen LogP contribution in [0.3, 0.4) is 0 Å². The number of unbranched alkanes of at least 4 members (excludes halogenated alkanes) is 2. The molecule has 3 aromatic carbocycles. The second-order valence-electron chi connectivity index (χ2n) is 20.9. The van der Waals surface area contributed by atoms with Crippen molar-refractivity contribution in [3.63, 3.8) is 0 Å². The van der Waals surface area contributed by atoms with E-state index in [9.17, 15) is 38.7 Å². The molecule has 2 aliphatic carbocycles. The SMILES string of the molecule is C#CCOCCOCCOCCOC(=O)CNCC(=O)Nc1ccc(C(=O)c2ccc(C(=O)OCCCCCC(=O)CC[C@]3(C)C(O)CC[C@]4(C)C3CCC(=C)[C@H]4CC(OC(=O)c3ccc(C)cc3)C3=CCOC3=O)cc2)cc1. The highest BCUT2D eigenvalue weighted by Crippen LogP contribution is 2.63. The van der Waals surface area contributed by atoms with E-state index in [1.54, 1.807) is 54.6 Å². The van der Waals surface area contributed by atoms with E-state index >= 15 is 0 Å². The minimum absolute atomic E-state index is 0.0494. The van der Waals surface area contributed by atoms with Crippen LogP contribution < -0.4 is 10.6 Å². The van der Waals surface area contributed by atoms with Crippen molar-refractivity contribution >= 4 is 47.0 Å². The number of aliphatic hydroxyl groups excluding tert-OH is 1. The van der Waals surface area contributed by atoms with Gasteiger partial charge in [0.1, 0.15) is 31.7 Å². The number of fused-ring (bicyclic) bond motifs is 1. The Hall–Kier alpha value is -6.81. The average Bonchev–Trinajstić information content (AvgIpc) is 4.04. The van der Waals surface area contributed by atoms with E-state index < -0.39 is 47.4 Å². The van der Waals surface area contributed by atoms with Crippen LogP contribution in [0.25, 0.3) is 0 Å². The Balaban J connectivity index is 0.862. The first-order valence-corrected chi connectivity index (χ1v) is 27.3. The van der Waals surface area contributed by atoms with Crippen molar-refractivity contribution in [2.75, 3.05) is 77.9 Å². The number of ketones is 2. The van der Waals surface area contributed by atoms with Gasteiger partial charge in [0.15, 0.2) is 5.78 Å². The molecule has 1 aliphatic heterocycles. The normalized spacial score (nSPS) is 20.9. The topological polar surface area (TPSA) is 228 Å². The fourth-order valence-corrected chi connectivity index (χ4v) is 11.1. The molecule has 1 heterocycles. The van der Waals surface area contributed by atoms with E-state index in [0.29, 0.717) is 106 Å². The summed E-state index contributed by atoms with van der Waals surface area (Å²) < 4.78 is 37.7. The largest absolute Gasteiger partial charge is 0.462 e. The molecule has 3 aliphatic rings. The number of benzene rings is 3. The van der Waals surface area contributed by atoms with Crippen molar-refractivity contribution in [2.45, 2.75) is 104 Å². The van der Waals surface area contributed by atoms with E-state index in [4.69, 9.17) is 39.6 Å². The zero-order chi connectivity index (χ0) is 56.8. The van der Waals surface area contributed by atoms with Crippen LogP contribution in [0.1, 0.15) is 127 Å². The number of ether oxygens (including phenoxy) is 7. The fraction of sp³-hybridized carbons (Fsp3) is 0.500. The van der Waals surface area contributed by atoms with E-state index in [1.807, 2.05) is 19.1 Å². The van der Waals surface area contributed by atoms with Crippen molar-refractivity contribution in [1.82, 2.24) is 5.32 Å². The van der Waals surface area contributed by atoms with Gasteiger partial charge in [0.25, 0.3) is 0 Å². The number of hydrogen-bond donors (Lipinski definition) is 3. The first kappa shape index (κ1) is 61.4. The molecule has 2 saturated carbocycles. The number of aryl methyl sites for hydroxylation is 1. The molecule has 0 bridgehead atoms. The summed E-state index contributed by atoms with van der Waals surface area (Å²) in [6.07, 6.45) is 11.6. The second-order valence-corrected chi connectivity index (χ2v) is 20.9. The predicted molar refractivity (Wildman–Crippen MR) is 294 cm³/mol. The summed E-state index contributed by atoms with van der Waals surface area (Å²) in [5, 5.41) is 17.1. The lowest BCUT2D eigenvalue weighted by Crippen LogP contribution is -2.56. The molecular weight excluding hydrogens is 1010 g/mol.